The van der Waals surface area contributed by atoms with Crippen LogP contribution in [0.15, 0.2) is 24.3 Å². The molecule has 19 heavy (non-hydrogen) atoms. The summed E-state index contributed by atoms with van der Waals surface area (Å²) < 4.78 is 18.6. The number of rotatable bonds is 8. The number of carbonyl (C=O) groups excluding carboxylic acids is 1. The van der Waals surface area contributed by atoms with Crippen molar-refractivity contribution in [2.45, 2.75) is 24.6 Å². The Kier molecular flexibility index (Phi) is 7.67. The third-order valence-electron chi connectivity index (χ3n) is 2.61. The average molecular weight is 332 g/mol. The minimum atomic E-state index is -0.420. The Bertz CT molecular complexity index is 401. The first kappa shape index (κ1) is 16.1. The van der Waals surface area contributed by atoms with Crippen molar-refractivity contribution in [2.75, 3.05) is 19.8 Å². The highest BCUT2D eigenvalue weighted by atomic mass is 79.9. The van der Waals surface area contributed by atoms with Gasteiger partial charge in [0, 0.05) is 19.8 Å². The van der Waals surface area contributed by atoms with Crippen LogP contribution in [0.1, 0.15) is 18.9 Å². The first-order chi connectivity index (χ1) is 9.15. The zero-order valence-electron chi connectivity index (χ0n) is 11.0. The van der Waals surface area contributed by atoms with Gasteiger partial charge in [0.25, 0.3) is 0 Å². The smallest absolute Gasteiger partial charge is 0.234 e. The molecule has 1 atom stereocenters. The number of nitrogens with one attached hydrogen (secondary N) is 1. The number of hydrogen-bond donors (Lipinski definition) is 1. The van der Waals surface area contributed by atoms with Gasteiger partial charge in [0.05, 0.1) is 4.83 Å². The second-order valence-corrected chi connectivity index (χ2v) is 5.21. The largest absolute Gasteiger partial charge is 0.382 e. The van der Waals surface area contributed by atoms with E-state index in [-0.39, 0.29) is 11.7 Å². The van der Waals surface area contributed by atoms with Crippen molar-refractivity contribution >= 4 is 21.8 Å². The van der Waals surface area contributed by atoms with Gasteiger partial charge in [-0.2, -0.15) is 0 Å². The number of ether oxygens (including phenoxy) is 1. The Labute approximate surface area is 121 Å². The molecule has 0 aromatic heterocycles. The van der Waals surface area contributed by atoms with Crippen molar-refractivity contribution in [3.63, 3.8) is 0 Å². The van der Waals surface area contributed by atoms with Crippen LogP contribution in [-0.4, -0.2) is 30.5 Å². The topological polar surface area (TPSA) is 38.3 Å². The monoisotopic (exact) mass is 331 g/mol. The number of carbonyl (C=O) groups is 1. The van der Waals surface area contributed by atoms with E-state index in [0.29, 0.717) is 31.7 Å². The zero-order valence-corrected chi connectivity index (χ0v) is 12.6. The molecule has 0 saturated carbocycles. The second kappa shape index (κ2) is 9.04. The van der Waals surface area contributed by atoms with Crippen LogP contribution in [0.4, 0.5) is 4.39 Å². The molecule has 0 aliphatic rings. The summed E-state index contributed by atoms with van der Waals surface area (Å²) in [6.45, 7) is 3.82. The van der Waals surface area contributed by atoms with Crippen LogP contribution in [0.2, 0.25) is 0 Å². The minimum absolute atomic E-state index is 0.125. The van der Waals surface area contributed by atoms with Crippen LogP contribution in [0, 0.1) is 5.82 Å². The number of hydrogen-bond acceptors (Lipinski definition) is 2. The lowest BCUT2D eigenvalue weighted by Crippen LogP contribution is -2.33. The fraction of sp³-hybridized carbons (Fsp3) is 0.500. The minimum Gasteiger partial charge on any atom is -0.382 e. The first-order valence-corrected chi connectivity index (χ1v) is 7.29. The van der Waals surface area contributed by atoms with Gasteiger partial charge in [-0.3, -0.25) is 4.79 Å². The van der Waals surface area contributed by atoms with E-state index in [1.165, 1.54) is 6.07 Å². The molecule has 0 heterocycles. The van der Waals surface area contributed by atoms with Gasteiger partial charge in [-0.25, -0.2) is 4.39 Å². The molecular formula is C14H19BrFNO2. The molecule has 0 saturated heterocycles. The predicted octanol–water partition coefficient (Wildman–Crippen LogP) is 2.67. The normalized spacial score (nSPS) is 12.2. The Balaban J connectivity index is 2.31. The molecule has 1 aromatic rings. The summed E-state index contributed by atoms with van der Waals surface area (Å²) in [5.74, 6) is -0.407. The van der Waals surface area contributed by atoms with E-state index < -0.39 is 4.83 Å². The van der Waals surface area contributed by atoms with E-state index in [1.54, 1.807) is 18.2 Å². The summed E-state index contributed by atoms with van der Waals surface area (Å²) in [5, 5.41) is 2.79. The lowest BCUT2D eigenvalue weighted by molar-refractivity contribution is -0.120. The summed E-state index contributed by atoms with van der Waals surface area (Å²) in [6.07, 6.45) is 1.11. The predicted molar refractivity (Wildman–Crippen MR) is 76.9 cm³/mol. The molecule has 0 fully saturated rings. The number of halogens is 2. The molecular weight excluding hydrogens is 313 g/mol. The van der Waals surface area contributed by atoms with Crippen LogP contribution in [-0.2, 0) is 16.0 Å². The Hall–Kier alpha value is -0.940. The maximum atomic E-state index is 13.4. The van der Waals surface area contributed by atoms with Gasteiger partial charge in [0.2, 0.25) is 5.91 Å². The number of benzene rings is 1. The molecule has 0 radical (unpaired) electrons. The van der Waals surface area contributed by atoms with E-state index in [1.807, 2.05) is 6.92 Å². The van der Waals surface area contributed by atoms with Crippen molar-refractivity contribution < 1.29 is 13.9 Å². The van der Waals surface area contributed by atoms with Gasteiger partial charge >= 0.3 is 0 Å². The molecule has 5 heteroatoms. The van der Waals surface area contributed by atoms with Gasteiger partial charge in [0.1, 0.15) is 5.82 Å². The summed E-state index contributed by atoms with van der Waals surface area (Å²) in [4.78, 5) is 11.4. The lowest BCUT2D eigenvalue weighted by Gasteiger charge is -2.11. The fourth-order valence-electron chi connectivity index (χ4n) is 1.59. The molecule has 0 aliphatic heterocycles. The van der Waals surface area contributed by atoms with Crippen molar-refractivity contribution in [3.8, 4) is 0 Å². The highest BCUT2D eigenvalue weighted by molar-refractivity contribution is 9.10. The fourth-order valence-corrected chi connectivity index (χ4v) is 2.10. The Morgan fingerprint density at radius 3 is 2.89 bits per heavy atom. The molecule has 0 bridgehead atoms. The van der Waals surface area contributed by atoms with Gasteiger partial charge in [-0.1, -0.05) is 34.1 Å². The zero-order chi connectivity index (χ0) is 14.1. The molecule has 0 aliphatic carbocycles. The third kappa shape index (κ3) is 6.16. The first-order valence-electron chi connectivity index (χ1n) is 6.38. The third-order valence-corrected chi connectivity index (χ3v) is 3.35. The molecule has 106 valence electrons. The maximum absolute atomic E-state index is 13.4. The van der Waals surface area contributed by atoms with Crippen LogP contribution >= 0.6 is 15.9 Å². The average Bonchev–Trinajstić information content (AvgIpc) is 2.41. The Morgan fingerprint density at radius 1 is 1.47 bits per heavy atom. The summed E-state index contributed by atoms with van der Waals surface area (Å²) >= 11 is 3.29. The highest BCUT2D eigenvalue weighted by Gasteiger charge is 2.16. The Morgan fingerprint density at radius 2 is 2.21 bits per heavy atom. The SMILES string of the molecule is CCOCCCNC(=O)C(Br)Cc1ccccc1F. The van der Waals surface area contributed by atoms with Gasteiger partial charge < -0.3 is 10.1 Å². The van der Waals surface area contributed by atoms with Crippen LogP contribution in [0.3, 0.4) is 0 Å². The van der Waals surface area contributed by atoms with Crippen molar-refractivity contribution in [3.05, 3.63) is 35.6 Å². The molecule has 0 spiro atoms. The van der Waals surface area contributed by atoms with Crippen LogP contribution in [0.25, 0.3) is 0 Å². The molecule has 1 amide bonds. The maximum Gasteiger partial charge on any atom is 0.234 e. The molecule has 1 N–H and O–H groups in total. The molecule has 1 aromatic carbocycles. The van der Waals surface area contributed by atoms with E-state index in [0.717, 1.165) is 6.42 Å². The lowest BCUT2D eigenvalue weighted by atomic mass is 10.1. The van der Waals surface area contributed by atoms with Crippen molar-refractivity contribution in [1.29, 1.82) is 0 Å². The number of alkyl halides is 1. The second-order valence-electron chi connectivity index (χ2n) is 4.10. The quantitative estimate of drug-likeness (QED) is 0.587. The molecule has 3 nitrogen and oxygen atoms in total. The van der Waals surface area contributed by atoms with E-state index >= 15 is 0 Å². The van der Waals surface area contributed by atoms with Crippen molar-refractivity contribution in [1.82, 2.24) is 5.32 Å². The molecule has 1 unspecified atom stereocenters. The number of amides is 1. The van der Waals surface area contributed by atoms with E-state index in [4.69, 9.17) is 4.74 Å². The van der Waals surface area contributed by atoms with Crippen molar-refractivity contribution in [2.24, 2.45) is 0 Å². The summed E-state index contributed by atoms with van der Waals surface area (Å²) in [6, 6.07) is 6.48. The molecule has 1 rings (SSSR count). The van der Waals surface area contributed by atoms with Crippen LogP contribution < -0.4 is 5.32 Å². The van der Waals surface area contributed by atoms with Crippen LogP contribution in [0.5, 0.6) is 0 Å². The van der Waals surface area contributed by atoms with Gasteiger partial charge in [0.15, 0.2) is 0 Å². The summed E-state index contributed by atoms with van der Waals surface area (Å²) in [5.41, 5.74) is 0.536. The van der Waals surface area contributed by atoms with E-state index in [2.05, 4.69) is 21.2 Å². The highest BCUT2D eigenvalue weighted by Crippen LogP contribution is 2.13. The summed E-state index contributed by atoms with van der Waals surface area (Å²) in [7, 11) is 0. The van der Waals surface area contributed by atoms with Gasteiger partial charge in [-0.15, -0.1) is 0 Å². The van der Waals surface area contributed by atoms with E-state index in [9.17, 15) is 9.18 Å². The standard InChI is InChI=1S/C14H19BrFNO2/c1-2-19-9-5-8-17-14(18)12(15)10-11-6-3-4-7-13(11)16/h3-4,6-7,12H,2,5,8-10H2,1H3,(H,17,18). The van der Waals surface area contributed by atoms with Gasteiger partial charge in [-0.05, 0) is 31.4 Å².